The number of methoxy groups -OCH3 is 2. The van der Waals surface area contributed by atoms with Gasteiger partial charge in [-0.3, -0.25) is 19.2 Å². The first-order valence-electron chi connectivity index (χ1n) is 11.3. The van der Waals surface area contributed by atoms with Crippen molar-refractivity contribution in [2.75, 3.05) is 14.2 Å². The number of ketones is 2. The Morgan fingerprint density at radius 3 is 1.12 bits per heavy atom. The molecule has 8 nitrogen and oxygen atoms in total. The minimum absolute atomic E-state index is 0.0585. The minimum atomic E-state index is -0.574. The molecule has 0 aliphatic rings. The fraction of sp³-hybridized carbons (Fsp3) is 0.833. The Labute approximate surface area is 210 Å². The molecule has 0 heterocycles. The van der Waals surface area contributed by atoms with E-state index in [9.17, 15) is 19.2 Å². The standard InChI is InChI=1S/2C9H16O3.2C3H7O.Ti/c2*1-5-9(2,3)7(10)6-8(11)12-4;2*1-3(2)4;/h2*5-6H2,1-4H3;2*3H,1-2H3;/q;;2*-1;+2. The van der Waals surface area contributed by atoms with Gasteiger partial charge < -0.3 is 9.47 Å². The van der Waals surface area contributed by atoms with Crippen molar-refractivity contribution in [3.05, 3.63) is 0 Å². The molecule has 0 atom stereocenters. The molecule has 9 heteroatoms. The largest absolute Gasteiger partial charge is 0.469 e. The van der Waals surface area contributed by atoms with Crippen LogP contribution in [0.25, 0.3) is 0 Å². The Hall–Kier alpha value is -1.09. The first-order chi connectivity index (χ1) is 15.0. The first-order valence-corrected chi connectivity index (χ1v) is 12.5. The van der Waals surface area contributed by atoms with Crippen molar-refractivity contribution < 1.29 is 55.2 Å². The number of esters is 2. The summed E-state index contributed by atoms with van der Waals surface area (Å²) in [6.45, 7) is 19.3. The van der Waals surface area contributed by atoms with E-state index >= 15 is 0 Å². The summed E-state index contributed by atoms with van der Waals surface area (Å²) >= 11 is -0.574. The third-order valence-electron chi connectivity index (χ3n) is 4.91. The fourth-order valence-corrected chi connectivity index (χ4v) is 2.19. The molecule has 0 aromatic heterocycles. The van der Waals surface area contributed by atoms with Crippen molar-refractivity contribution in [1.82, 2.24) is 0 Å². The molecule has 0 spiro atoms. The van der Waals surface area contributed by atoms with Crippen LogP contribution in [0.2, 0.25) is 0 Å². The Balaban J connectivity index is -0.000000414. The van der Waals surface area contributed by atoms with E-state index < -0.39 is 42.7 Å². The van der Waals surface area contributed by atoms with Gasteiger partial charge in [0.25, 0.3) is 0 Å². The van der Waals surface area contributed by atoms with Gasteiger partial charge in [-0.25, -0.2) is 0 Å². The maximum absolute atomic E-state index is 11.4. The van der Waals surface area contributed by atoms with Crippen LogP contribution < -0.4 is 0 Å². The fourth-order valence-electron chi connectivity index (χ4n) is 1.50. The van der Waals surface area contributed by atoms with Gasteiger partial charge in [-0.05, 0) is 12.8 Å². The summed E-state index contributed by atoms with van der Waals surface area (Å²) in [6.07, 6.45) is 1.90. The molecule has 0 bridgehead atoms. The summed E-state index contributed by atoms with van der Waals surface area (Å²) < 4.78 is 19.3. The monoisotopic (exact) mass is 510 g/mol. The molecule has 0 aromatic carbocycles. The zero-order chi connectivity index (χ0) is 26.8. The third kappa shape index (κ3) is 21.2. The van der Waals surface area contributed by atoms with Gasteiger partial charge in [0.05, 0.1) is 14.2 Å². The number of hydrogen-bond acceptors (Lipinski definition) is 8. The normalized spacial score (nSPS) is 11.0. The van der Waals surface area contributed by atoms with Crippen molar-refractivity contribution in [2.45, 2.75) is 107 Å². The zero-order valence-corrected chi connectivity index (χ0v) is 24.3. The SMILES string of the molecule is CC(C)[O][Ti][O]C(C)C.CCC(C)(C)C(=O)CC(=O)OC.CCC(C)(C)C(=O)CC(=O)OC. The smallest absolute Gasteiger partial charge is 0.313 e. The van der Waals surface area contributed by atoms with Crippen LogP contribution in [0.3, 0.4) is 0 Å². The van der Waals surface area contributed by atoms with E-state index in [-0.39, 0.29) is 24.4 Å². The van der Waals surface area contributed by atoms with Crippen LogP contribution >= 0.6 is 0 Å². The average molecular weight is 510 g/mol. The molecule has 0 saturated heterocycles. The molecule has 194 valence electrons. The first kappa shape index (κ1) is 36.5. The maximum Gasteiger partial charge on any atom is 0.313 e. The van der Waals surface area contributed by atoms with Gasteiger partial charge in [0.2, 0.25) is 0 Å². The Morgan fingerprint density at radius 2 is 0.939 bits per heavy atom. The van der Waals surface area contributed by atoms with Crippen LogP contribution in [0.15, 0.2) is 0 Å². The van der Waals surface area contributed by atoms with Crippen molar-refractivity contribution in [3.63, 3.8) is 0 Å². The van der Waals surface area contributed by atoms with Gasteiger partial charge in [0, 0.05) is 10.8 Å². The van der Waals surface area contributed by atoms with Crippen molar-refractivity contribution in [1.29, 1.82) is 0 Å². The number of ether oxygens (including phenoxy) is 2. The molecule has 0 rings (SSSR count). The molecule has 0 aliphatic heterocycles. The van der Waals surface area contributed by atoms with E-state index in [4.69, 9.17) is 6.64 Å². The predicted molar refractivity (Wildman–Crippen MR) is 124 cm³/mol. The average Bonchev–Trinajstić information content (AvgIpc) is 2.73. The maximum atomic E-state index is 11.4. The van der Waals surface area contributed by atoms with Gasteiger partial charge in [-0.15, -0.1) is 0 Å². The summed E-state index contributed by atoms with van der Waals surface area (Å²) in [7, 11) is 2.57. The topological polar surface area (TPSA) is 105 Å². The Kier molecular flexibility index (Phi) is 21.3. The summed E-state index contributed by atoms with van der Waals surface area (Å²) in [5.74, 6) is -1.03. The summed E-state index contributed by atoms with van der Waals surface area (Å²) in [4.78, 5) is 44.2. The third-order valence-corrected chi connectivity index (χ3v) is 6.68. The number of Topliss-reactive ketones (excluding diaryl/α,β-unsaturated/α-hetero) is 2. The number of hydrogen-bond donors (Lipinski definition) is 0. The molecule has 33 heavy (non-hydrogen) atoms. The van der Waals surface area contributed by atoms with E-state index in [1.165, 1.54) is 14.2 Å². The molecular formula is C24H46O8Ti. The molecule has 0 radical (unpaired) electrons. The predicted octanol–water partition coefficient (Wildman–Crippen LogP) is 4.86. The molecule has 0 aromatic rings. The van der Waals surface area contributed by atoms with Gasteiger partial charge in [0.15, 0.2) is 0 Å². The number of carbonyl (C=O) groups is 4. The second kappa shape index (κ2) is 19.2. The van der Waals surface area contributed by atoms with Gasteiger partial charge in [0.1, 0.15) is 24.4 Å². The molecule has 0 saturated carbocycles. The Morgan fingerprint density at radius 1 is 0.667 bits per heavy atom. The van der Waals surface area contributed by atoms with E-state index in [1.807, 2.05) is 69.2 Å². The van der Waals surface area contributed by atoms with Crippen molar-refractivity contribution in [3.8, 4) is 0 Å². The molecule has 0 amide bonds. The molecule has 0 unspecified atom stereocenters. The molecule has 0 fully saturated rings. The van der Waals surface area contributed by atoms with Crippen LogP contribution in [0.1, 0.15) is 94.9 Å². The summed E-state index contributed by atoms with van der Waals surface area (Å²) in [5, 5.41) is 0. The van der Waals surface area contributed by atoms with Crippen LogP contribution in [-0.4, -0.2) is 49.9 Å². The van der Waals surface area contributed by atoms with E-state index in [0.717, 1.165) is 12.8 Å². The second-order valence-electron chi connectivity index (χ2n) is 9.24. The van der Waals surface area contributed by atoms with E-state index in [1.54, 1.807) is 0 Å². The summed E-state index contributed by atoms with van der Waals surface area (Å²) in [5.41, 5.74) is -0.817. The Bertz CT molecular complexity index is 533. The quantitative estimate of drug-likeness (QED) is 0.208. The van der Waals surface area contributed by atoms with Crippen LogP contribution in [0, 0.1) is 10.8 Å². The van der Waals surface area contributed by atoms with Crippen LogP contribution in [-0.2, 0) is 55.2 Å². The molecular weight excluding hydrogens is 464 g/mol. The second-order valence-corrected chi connectivity index (χ2v) is 10.2. The van der Waals surface area contributed by atoms with Gasteiger partial charge in [-0.1, -0.05) is 41.5 Å². The minimum Gasteiger partial charge on any atom is -0.469 e. The van der Waals surface area contributed by atoms with E-state index in [2.05, 4.69) is 9.47 Å². The number of rotatable bonds is 12. The van der Waals surface area contributed by atoms with E-state index in [0.29, 0.717) is 12.2 Å². The van der Waals surface area contributed by atoms with Crippen LogP contribution in [0.4, 0.5) is 0 Å². The number of carbonyl (C=O) groups excluding carboxylic acids is 4. The summed E-state index contributed by atoms with van der Waals surface area (Å²) in [6, 6.07) is 0. The zero-order valence-electron chi connectivity index (χ0n) is 22.7. The van der Waals surface area contributed by atoms with Gasteiger partial charge >= 0.3 is 78.4 Å². The molecule has 0 aliphatic carbocycles. The molecule has 0 N–H and O–H groups in total. The van der Waals surface area contributed by atoms with Crippen molar-refractivity contribution in [2.24, 2.45) is 10.8 Å². The van der Waals surface area contributed by atoms with Crippen molar-refractivity contribution >= 4 is 23.5 Å². The van der Waals surface area contributed by atoms with Crippen LogP contribution in [0.5, 0.6) is 0 Å². The van der Waals surface area contributed by atoms with Gasteiger partial charge in [-0.2, -0.15) is 0 Å².